The fourth-order valence-electron chi connectivity index (χ4n) is 1.48. The van der Waals surface area contributed by atoms with Crippen LogP contribution < -0.4 is 5.73 Å². The molecule has 0 aromatic heterocycles. The standard InChI is InChI=1S/C13H10Br2N2OS/c14-8-1-4-10(5-2-8)19-12-7-9(15)3-6-11(12)13(16)17-18/h1-7,18H,(H2,16,17). The van der Waals surface area contributed by atoms with Gasteiger partial charge in [-0.1, -0.05) is 48.8 Å². The minimum atomic E-state index is 0.104. The van der Waals surface area contributed by atoms with E-state index in [9.17, 15) is 0 Å². The lowest BCUT2D eigenvalue weighted by molar-refractivity contribution is 0.318. The van der Waals surface area contributed by atoms with Gasteiger partial charge in [0.25, 0.3) is 0 Å². The predicted octanol–water partition coefficient (Wildman–Crippen LogP) is 4.46. The van der Waals surface area contributed by atoms with E-state index in [-0.39, 0.29) is 5.84 Å². The molecule has 0 aliphatic heterocycles. The van der Waals surface area contributed by atoms with Crippen LogP contribution in [0.15, 0.2) is 66.4 Å². The largest absolute Gasteiger partial charge is 0.409 e. The maximum atomic E-state index is 8.82. The summed E-state index contributed by atoms with van der Waals surface area (Å²) in [5.74, 6) is 0.104. The van der Waals surface area contributed by atoms with Gasteiger partial charge in [-0.25, -0.2) is 0 Å². The van der Waals surface area contributed by atoms with Crippen LogP contribution in [0.4, 0.5) is 0 Å². The Kier molecular flexibility index (Phi) is 4.90. The number of oxime groups is 1. The van der Waals surface area contributed by atoms with Crippen molar-refractivity contribution >= 4 is 49.5 Å². The highest BCUT2D eigenvalue weighted by molar-refractivity contribution is 9.10. The Morgan fingerprint density at radius 3 is 2.32 bits per heavy atom. The van der Waals surface area contributed by atoms with E-state index in [4.69, 9.17) is 10.9 Å². The molecule has 2 aromatic carbocycles. The average molecular weight is 402 g/mol. The molecule has 0 radical (unpaired) electrons. The monoisotopic (exact) mass is 400 g/mol. The maximum Gasteiger partial charge on any atom is 0.171 e. The van der Waals surface area contributed by atoms with Gasteiger partial charge >= 0.3 is 0 Å². The van der Waals surface area contributed by atoms with Crippen molar-refractivity contribution in [2.75, 3.05) is 0 Å². The SMILES string of the molecule is N/C(=N/O)c1ccc(Br)cc1Sc1ccc(Br)cc1. The topological polar surface area (TPSA) is 58.6 Å². The first-order valence-electron chi connectivity index (χ1n) is 5.31. The van der Waals surface area contributed by atoms with Crippen molar-refractivity contribution in [3.05, 3.63) is 57.0 Å². The Labute approximate surface area is 132 Å². The number of hydrogen-bond donors (Lipinski definition) is 2. The molecule has 0 saturated heterocycles. The third-order valence-corrected chi connectivity index (χ3v) is 4.46. The maximum absolute atomic E-state index is 8.82. The summed E-state index contributed by atoms with van der Waals surface area (Å²) in [4.78, 5) is 2.00. The molecule has 2 rings (SSSR count). The zero-order valence-corrected chi connectivity index (χ0v) is 13.7. The fraction of sp³-hybridized carbons (Fsp3) is 0. The second kappa shape index (κ2) is 6.45. The highest BCUT2D eigenvalue weighted by atomic mass is 79.9. The second-order valence-corrected chi connectivity index (χ2v) is 6.63. The highest BCUT2D eigenvalue weighted by Gasteiger charge is 2.09. The molecule has 19 heavy (non-hydrogen) atoms. The summed E-state index contributed by atoms with van der Waals surface area (Å²) in [7, 11) is 0. The zero-order valence-electron chi connectivity index (χ0n) is 9.68. The van der Waals surface area contributed by atoms with Gasteiger partial charge in [0.2, 0.25) is 0 Å². The van der Waals surface area contributed by atoms with Gasteiger partial charge in [0.05, 0.1) is 0 Å². The van der Waals surface area contributed by atoms with Gasteiger partial charge in [-0.05, 0) is 42.5 Å². The molecule has 3 nitrogen and oxygen atoms in total. The van der Waals surface area contributed by atoms with Crippen molar-refractivity contribution in [3.63, 3.8) is 0 Å². The average Bonchev–Trinajstić information content (AvgIpc) is 2.41. The number of halogens is 2. The first kappa shape index (κ1) is 14.4. The molecule has 0 fully saturated rings. The zero-order chi connectivity index (χ0) is 13.8. The molecule has 0 aliphatic carbocycles. The summed E-state index contributed by atoms with van der Waals surface area (Å²) in [5, 5.41) is 11.9. The number of rotatable bonds is 3. The van der Waals surface area contributed by atoms with Crippen LogP contribution in [-0.4, -0.2) is 11.0 Å². The number of amidine groups is 1. The molecule has 2 aromatic rings. The molecule has 0 unspecified atom stereocenters. The van der Waals surface area contributed by atoms with Crippen LogP contribution in [0.5, 0.6) is 0 Å². The Morgan fingerprint density at radius 1 is 1.05 bits per heavy atom. The first-order chi connectivity index (χ1) is 9.10. The van der Waals surface area contributed by atoms with E-state index in [0.29, 0.717) is 5.56 Å². The minimum Gasteiger partial charge on any atom is -0.409 e. The summed E-state index contributed by atoms with van der Waals surface area (Å²) in [6, 6.07) is 13.6. The summed E-state index contributed by atoms with van der Waals surface area (Å²) < 4.78 is 1.98. The normalized spacial score (nSPS) is 11.6. The lowest BCUT2D eigenvalue weighted by atomic mass is 10.2. The summed E-state index contributed by atoms with van der Waals surface area (Å²) in [5.41, 5.74) is 6.39. The molecule has 98 valence electrons. The van der Waals surface area contributed by atoms with Crippen LogP contribution in [-0.2, 0) is 0 Å². The van der Waals surface area contributed by atoms with Crippen LogP contribution >= 0.6 is 43.6 Å². The lowest BCUT2D eigenvalue weighted by Gasteiger charge is -2.08. The van der Waals surface area contributed by atoms with Gasteiger partial charge in [0.1, 0.15) is 0 Å². The van der Waals surface area contributed by atoms with Crippen LogP contribution in [0.1, 0.15) is 5.56 Å². The molecule has 0 spiro atoms. The van der Waals surface area contributed by atoms with Crippen molar-refractivity contribution in [1.82, 2.24) is 0 Å². The predicted molar refractivity (Wildman–Crippen MR) is 84.9 cm³/mol. The highest BCUT2D eigenvalue weighted by Crippen LogP contribution is 2.33. The van der Waals surface area contributed by atoms with E-state index in [0.717, 1.165) is 18.7 Å². The molecule has 6 heteroatoms. The quantitative estimate of drug-likeness (QED) is 0.345. The Bertz CT molecular complexity index is 615. The smallest absolute Gasteiger partial charge is 0.171 e. The van der Waals surface area contributed by atoms with Gasteiger partial charge in [0.15, 0.2) is 5.84 Å². The molecule has 3 N–H and O–H groups in total. The van der Waals surface area contributed by atoms with Crippen LogP contribution in [0.25, 0.3) is 0 Å². The van der Waals surface area contributed by atoms with E-state index in [1.807, 2.05) is 42.5 Å². The molecule has 0 atom stereocenters. The van der Waals surface area contributed by atoms with Crippen molar-refractivity contribution in [1.29, 1.82) is 0 Å². The number of nitrogens with two attached hydrogens (primary N) is 1. The molecule has 0 bridgehead atoms. The third kappa shape index (κ3) is 3.75. The van der Waals surface area contributed by atoms with Crippen molar-refractivity contribution in [2.24, 2.45) is 10.9 Å². The van der Waals surface area contributed by atoms with Crippen molar-refractivity contribution in [3.8, 4) is 0 Å². The van der Waals surface area contributed by atoms with E-state index in [1.165, 1.54) is 0 Å². The molecule has 0 amide bonds. The van der Waals surface area contributed by atoms with Crippen LogP contribution in [0.2, 0.25) is 0 Å². The van der Waals surface area contributed by atoms with Crippen LogP contribution in [0.3, 0.4) is 0 Å². The molecule has 0 saturated carbocycles. The van der Waals surface area contributed by atoms with Gasteiger partial charge < -0.3 is 10.9 Å². The third-order valence-electron chi connectivity index (χ3n) is 2.37. The fourth-order valence-corrected chi connectivity index (χ4v) is 3.25. The van der Waals surface area contributed by atoms with Crippen molar-refractivity contribution in [2.45, 2.75) is 9.79 Å². The number of hydrogen-bond acceptors (Lipinski definition) is 3. The van der Waals surface area contributed by atoms with E-state index >= 15 is 0 Å². The molecular formula is C13H10Br2N2OS. The Morgan fingerprint density at radius 2 is 1.68 bits per heavy atom. The molecular weight excluding hydrogens is 392 g/mol. The van der Waals surface area contributed by atoms with E-state index in [1.54, 1.807) is 11.8 Å². The molecule has 0 heterocycles. The first-order valence-corrected chi connectivity index (χ1v) is 7.71. The van der Waals surface area contributed by atoms with Crippen LogP contribution in [0, 0.1) is 0 Å². The number of nitrogens with zero attached hydrogens (tertiary/aromatic N) is 1. The Hall–Kier alpha value is -0.980. The van der Waals surface area contributed by atoms with Gasteiger partial charge in [-0.2, -0.15) is 0 Å². The van der Waals surface area contributed by atoms with E-state index in [2.05, 4.69) is 37.0 Å². The van der Waals surface area contributed by atoms with Gasteiger partial charge in [-0.3, -0.25) is 0 Å². The minimum absolute atomic E-state index is 0.104. The van der Waals surface area contributed by atoms with Gasteiger partial charge in [0, 0.05) is 24.3 Å². The van der Waals surface area contributed by atoms with E-state index < -0.39 is 0 Å². The Balaban J connectivity index is 2.38. The second-order valence-electron chi connectivity index (χ2n) is 3.68. The number of benzene rings is 2. The lowest BCUT2D eigenvalue weighted by Crippen LogP contribution is -2.14. The summed E-state index contributed by atoms with van der Waals surface area (Å²) in [6.07, 6.45) is 0. The summed E-state index contributed by atoms with van der Waals surface area (Å²) >= 11 is 8.39. The van der Waals surface area contributed by atoms with Crippen molar-refractivity contribution < 1.29 is 5.21 Å². The van der Waals surface area contributed by atoms with Gasteiger partial charge in [-0.15, -0.1) is 0 Å². The molecule has 0 aliphatic rings. The summed E-state index contributed by atoms with van der Waals surface area (Å²) in [6.45, 7) is 0.